The molecular formula is C21H18N4O3. The molecule has 1 amide bonds. The van der Waals surface area contributed by atoms with Crippen molar-refractivity contribution < 1.29 is 14.4 Å². The molecule has 0 spiro atoms. The van der Waals surface area contributed by atoms with Gasteiger partial charge in [-0.3, -0.25) is 14.4 Å². The Morgan fingerprint density at radius 3 is 1.61 bits per heavy atom. The van der Waals surface area contributed by atoms with Gasteiger partial charge in [0.2, 0.25) is 5.95 Å². The summed E-state index contributed by atoms with van der Waals surface area (Å²) in [5.41, 5.74) is 2.80. The number of anilines is 3. The van der Waals surface area contributed by atoms with Crippen LogP contribution in [0.5, 0.6) is 0 Å². The zero-order valence-electron chi connectivity index (χ0n) is 15.4. The molecule has 2 aromatic carbocycles. The van der Waals surface area contributed by atoms with Crippen LogP contribution in [0.3, 0.4) is 0 Å². The Morgan fingerprint density at radius 1 is 0.679 bits per heavy atom. The zero-order chi connectivity index (χ0) is 20.1. The van der Waals surface area contributed by atoms with Crippen molar-refractivity contribution in [1.82, 2.24) is 9.97 Å². The first-order valence-corrected chi connectivity index (χ1v) is 8.55. The smallest absolute Gasteiger partial charge is 0.258 e. The highest BCUT2D eigenvalue weighted by molar-refractivity contribution is 6.04. The maximum absolute atomic E-state index is 12.3. The van der Waals surface area contributed by atoms with Gasteiger partial charge in [0.1, 0.15) is 0 Å². The number of amides is 1. The molecule has 3 aromatic rings. The lowest BCUT2D eigenvalue weighted by atomic mass is 10.1. The first-order valence-electron chi connectivity index (χ1n) is 8.55. The minimum Gasteiger partial charge on any atom is -0.324 e. The fraction of sp³-hybridized carbons (Fsp3) is 0.0952. The normalized spacial score (nSPS) is 10.2. The molecule has 0 bridgehead atoms. The number of aromatic nitrogens is 2. The Morgan fingerprint density at radius 2 is 1.14 bits per heavy atom. The van der Waals surface area contributed by atoms with E-state index in [4.69, 9.17) is 0 Å². The summed E-state index contributed by atoms with van der Waals surface area (Å²) in [4.78, 5) is 43.1. The van der Waals surface area contributed by atoms with Gasteiger partial charge in [-0.05, 0) is 62.4 Å². The molecule has 0 saturated carbocycles. The Kier molecular flexibility index (Phi) is 5.55. The van der Waals surface area contributed by atoms with E-state index < -0.39 is 0 Å². The molecule has 0 saturated heterocycles. The van der Waals surface area contributed by atoms with Crippen LogP contribution in [0.1, 0.15) is 44.9 Å². The number of benzene rings is 2. The lowest BCUT2D eigenvalue weighted by molar-refractivity contribution is 0.100. The fourth-order valence-electron chi connectivity index (χ4n) is 2.42. The number of rotatable bonds is 6. The molecule has 0 aliphatic heterocycles. The Bertz CT molecular complexity index is 1010. The molecule has 0 aliphatic carbocycles. The molecule has 1 heterocycles. The number of hydrogen-bond donors (Lipinski definition) is 2. The van der Waals surface area contributed by atoms with Crippen LogP contribution in [0.25, 0.3) is 0 Å². The molecule has 0 aliphatic rings. The lowest BCUT2D eigenvalue weighted by Gasteiger charge is -2.07. The highest BCUT2D eigenvalue weighted by Gasteiger charge is 2.09. The number of carbonyl (C=O) groups excluding carboxylic acids is 3. The number of ketones is 2. The maximum Gasteiger partial charge on any atom is 0.258 e. The highest BCUT2D eigenvalue weighted by Crippen LogP contribution is 2.15. The Balaban J connectivity index is 1.63. The molecule has 140 valence electrons. The van der Waals surface area contributed by atoms with Gasteiger partial charge in [0.15, 0.2) is 11.6 Å². The predicted octanol–water partition coefficient (Wildman–Crippen LogP) is 3.88. The van der Waals surface area contributed by atoms with Crippen molar-refractivity contribution in [2.75, 3.05) is 10.6 Å². The minimum absolute atomic E-state index is 0.00546. The third kappa shape index (κ3) is 4.64. The summed E-state index contributed by atoms with van der Waals surface area (Å²) < 4.78 is 0. The van der Waals surface area contributed by atoms with Crippen molar-refractivity contribution in [2.24, 2.45) is 0 Å². The monoisotopic (exact) mass is 374 g/mol. The molecule has 0 unspecified atom stereocenters. The van der Waals surface area contributed by atoms with Crippen molar-refractivity contribution in [3.8, 4) is 0 Å². The second kappa shape index (κ2) is 8.22. The van der Waals surface area contributed by atoms with Gasteiger partial charge < -0.3 is 10.6 Å². The second-order valence-corrected chi connectivity index (χ2v) is 6.14. The van der Waals surface area contributed by atoms with Crippen molar-refractivity contribution in [3.63, 3.8) is 0 Å². The summed E-state index contributed by atoms with van der Waals surface area (Å²) in [5.74, 6) is -0.0646. The largest absolute Gasteiger partial charge is 0.324 e. The third-order valence-corrected chi connectivity index (χ3v) is 4.01. The SMILES string of the molecule is CC(=O)c1ccc(NC(=O)c2cnc(Nc3ccc(C(C)=O)cc3)nc2)cc1. The molecule has 2 N–H and O–H groups in total. The molecule has 3 rings (SSSR count). The van der Waals surface area contributed by atoms with Crippen LogP contribution in [0.4, 0.5) is 17.3 Å². The number of hydrogen-bond acceptors (Lipinski definition) is 6. The van der Waals surface area contributed by atoms with E-state index in [9.17, 15) is 14.4 Å². The van der Waals surface area contributed by atoms with Crippen LogP contribution >= 0.6 is 0 Å². The van der Waals surface area contributed by atoms with Crippen molar-refractivity contribution in [2.45, 2.75) is 13.8 Å². The molecular weight excluding hydrogens is 356 g/mol. The van der Waals surface area contributed by atoms with Gasteiger partial charge in [-0.25, -0.2) is 9.97 Å². The quantitative estimate of drug-likeness (QED) is 0.635. The summed E-state index contributed by atoms with van der Waals surface area (Å²) in [7, 11) is 0. The van der Waals surface area contributed by atoms with Gasteiger partial charge in [0, 0.05) is 34.9 Å². The average molecular weight is 374 g/mol. The topological polar surface area (TPSA) is 101 Å². The van der Waals surface area contributed by atoms with Crippen molar-refractivity contribution >= 4 is 34.8 Å². The summed E-state index contributed by atoms with van der Waals surface area (Å²) in [5, 5.41) is 5.73. The average Bonchev–Trinajstić information content (AvgIpc) is 2.69. The molecule has 28 heavy (non-hydrogen) atoms. The van der Waals surface area contributed by atoms with E-state index in [0.717, 1.165) is 5.69 Å². The summed E-state index contributed by atoms with van der Waals surface area (Å²) in [6, 6.07) is 13.6. The number of Topliss-reactive ketones (excluding diaryl/α,β-unsaturated/α-hetero) is 2. The van der Waals surface area contributed by atoms with Crippen LogP contribution in [-0.2, 0) is 0 Å². The van der Waals surface area contributed by atoms with E-state index in [1.54, 1.807) is 48.5 Å². The lowest BCUT2D eigenvalue weighted by Crippen LogP contribution is -2.13. The van der Waals surface area contributed by atoms with Crippen LogP contribution in [0, 0.1) is 0 Å². The van der Waals surface area contributed by atoms with E-state index in [1.165, 1.54) is 26.2 Å². The standard InChI is InChI=1S/C21H18N4O3/c1-13(26)15-3-7-18(8-4-15)24-20(28)17-11-22-21(23-12-17)25-19-9-5-16(6-10-19)14(2)27/h3-12H,1-2H3,(H,24,28)(H,22,23,25). The molecule has 0 fully saturated rings. The first kappa shape index (κ1) is 18.9. The van der Waals surface area contributed by atoms with E-state index >= 15 is 0 Å². The van der Waals surface area contributed by atoms with Crippen molar-refractivity contribution in [1.29, 1.82) is 0 Å². The van der Waals surface area contributed by atoms with Crippen LogP contribution in [0.15, 0.2) is 60.9 Å². The van der Waals surface area contributed by atoms with Crippen LogP contribution < -0.4 is 10.6 Å². The van der Waals surface area contributed by atoms with E-state index in [2.05, 4.69) is 20.6 Å². The van der Waals surface area contributed by atoms with Gasteiger partial charge in [0.05, 0.1) is 5.56 Å². The molecule has 0 atom stereocenters. The molecule has 1 aromatic heterocycles. The number of carbonyl (C=O) groups is 3. The minimum atomic E-state index is -0.354. The molecule has 0 radical (unpaired) electrons. The fourth-order valence-corrected chi connectivity index (χ4v) is 2.42. The van der Waals surface area contributed by atoms with Crippen LogP contribution in [-0.4, -0.2) is 27.4 Å². The zero-order valence-corrected chi connectivity index (χ0v) is 15.4. The van der Waals surface area contributed by atoms with Gasteiger partial charge >= 0.3 is 0 Å². The maximum atomic E-state index is 12.3. The second-order valence-electron chi connectivity index (χ2n) is 6.14. The first-order chi connectivity index (χ1) is 13.4. The van der Waals surface area contributed by atoms with E-state index in [1.807, 2.05) is 0 Å². The van der Waals surface area contributed by atoms with E-state index in [-0.39, 0.29) is 17.5 Å². The number of nitrogens with zero attached hydrogens (tertiary/aromatic N) is 2. The summed E-state index contributed by atoms with van der Waals surface area (Å²) >= 11 is 0. The number of nitrogens with one attached hydrogen (secondary N) is 2. The highest BCUT2D eigenvalue weighted by atomic mass is 16.1. The summed E-state index contributed by atoms with van der Waals surface area (Å²) in [6.07, 6.45) is 2.83. The van der Waals surface area contributed by atoms with Crippen molar-refractivity contribution in [3.05, 3.63) is 77.6 Å². The van der Waals surface area contributed by atoms with Gasteiger partial charge in [-0.15, -0.1) is 0 Å². The third-order valence-electron chi connectivity index (χ3n) is 4.01. The van der Waals surface area contributed by atoms with Gasteiger partial charge in [0.25, 0.3) is 5.91 Å². The van der Waals surface area contributed by atoms with Crippen LogP contribution in [0.2, 0.25) is 0 Å². The van der Waals surface area contributed by atoms with Gasteiger partial charge in [-0.1, -0.05) is 0 Å². The Hall–Kier alpha value is -3.87. The van der Waals surface area contributed by atoms with E-state index in [0.29, 0.717) is 28.3 Å². The predicted molar refractivity (Wildman–Crippen MR) is 106 cm³/mol. The van der Waals surface area contributed by atoms with Gasteiger partial charge in [-0.2, -0.15) is 0 Å². The molecule has 7 heteroatoms. The molecule has 7 nitrogen and oxygen atoms in total. The summed E-state index contributed by atoms with van der Waals surface area (Å²) in [6.45, 7) is 2.99. The Labute approximate surface area is 161 Å².